The maximum Gasteiger partial charge on any atom is 0.274 e. The minimum Gasteiger partial charge on any atom is -0.493 e. The van der Waals surface area contributed by atoms with Crippen molar-refractivity contribution in [3.63, 3.8) is 0 Å². The molecule has 0 bridgehead atoms. The SMILES string of the molecule is COc1ccc(-c2c3cc(OC)c(OC)cc3nc3cn[nH]c(=O)c23)cc1OC. The summed E-state index contributed by atoms with van der Waals surface area (Å²) >= 11 is 0. The lowest BCUT2D eigenvalue weighted by Crippen LogP contribution is -2.10. The Bertz CT molecular complexity index is 1280. The Morgan fingerprint density at radius 2 is 1.45 bits per heavy atom. The molecule has 0 saturated carbocycles. The molecule has 0 fully saturated rings. The number of rotatable bonds is 5. The zero-order valence-electron chi connectivity index (χ0n) is 16.4. The van der Waals surface area contributed by atoms with Crippen LogP contribution in [0.15, 0.2) is 41.3 Å². The van der Waals surface area contributed by atoms with Crippen LogP contribution in [0.1, 0.15) is 0 Å². The molecular formula is C21H19N3O5. The highest BCUT2D eigenvalue weighted by atomic mass is 16.5. The van der Waals surface area contributed by atoms with E-state index < -0.39 is 0 Å². The van der Waals surface area contributed by atoms with Crippen molar-refractivity contribution in [1.82, 2.24) is 15.2 Å². The number of benzene rings is 2. The number of hydrogen-bond acceptors (Lipinski definition) is 7. The zero-order valence-corrected chi connectivity index (χ0v) is 16.4. The predicted molar refractivity (Wildman–Crippen MR) is 109 cm³/mol. The molecule has 0 aliphatic rings. The van der Waals surface area contributed by atoms with E-state index in [1.54, 1.807) is 40.6 Å². The molecular weight excluding hydrogens is 374 g/mol. The first kappa shape index (κ1) is 18.5. The van der Waals surface area contributed by atoms with Crippen LogP contribution in [0.4, 0.5) is 0 Å². The van der Waals surface area contributed by atoms with Crippen molar-refractivity contribution in [2.75, 3.05) is 28.4 Å². The van der Waals surface area contributed by atoms with Gasteiger partial charge in [-0.25, -0.2) is 10.1 Å². The van der Waals surface area contributed by atoms with E-state index in [0.717, 1.165) is 10.9 Å². The normalized spacial score (nSPS) is 10.9. The van der Waals surface area contributed by atoms with Crippen LogP contribution in [0, 0.1) is 0 Å². The largest absolute Gasteiger partial charge is 0.493 e. The van der Waals surface area contributed by atoms with Gasteiger partial charge in [-0.15, -0.1) is 0 Å². The van der Waals surface area contributed by atoms with Gasteiger partial charge in [-0.05, 0) is 23.8 Å². The van der Waals surface area contributed by atoms with E-state index in [1.807, 2.05) is 18.2 Å². The van der Waals surface area contributed by atoms with Crippen LogP contribution in [0.25, 0.3) is 32.9 Å². The topological polar surface area (TPSA) is 95.6 Å². The molecule has 0 radical (unpaired) electrons. The van der Waals surface area contributed by atoms with E-state index in [1.165, 1.54) is 6.20 Å². The van der Waals surface area contributed by atoms with Gasteiger partial charge in [-0.2, -0.15) is 5.10 Å². The molecule has 0 spiro atoms. The zero-order chi connectivity index (χ0) is 20.5. The number of nitrogens with zero attached hydrogens (tertiary/aromatic N) is 2. The molecule has 148 valence electrons. The van der Waals surface area contributed by atoms with E-state index in [0.29, 0.717) is 45.0 Å². The van der Waals surface area contributed by atoms with Gasteiger partial charge in [-0.3, -0.25) is 4.79 Å². The molecule has 2 aromatic carbocycles. The number of aromatic nitrogens is 3. The lowest BCUT2D eigenvalue weighted by molar-refractivity contribution is 0.355. The standard InChI is InChI=1S/C21H19N3O5/c1-26-15-6-5-11(7-16(15)27-2)19-12-8-17(28-3)18(29-4)9-13(12)23-14-10-22-24-21(25)20(14)19/h5-10H,1-4H3,(H,24,25). The van der Waals surface area contributed by atoms with Crippen LogP contribution in [0.3, 0.4) is 0 Å². The van der Waals surface area contributed by atoms with Crippen molar-refractivity contribution >= 4 is 21.8 Å². The van der Waals surface area contributed by atoms with Gasteiger partial charge in [0.15, 0.2) is 23.0 Å². The molecule has 4 aromatic rings. The number of nitrogens with one attached hydrogen (secondary N) is 1. The number of pyridine rings is 1. The highest BCUT2D eigenvalue weighted by Gasteiger charge is 2.18. The van der Waals surface area contributed by atoms with Crippen LogP contribution >= 0.6 is 0 Å². The summed E-state index contributed by atoms with van der Waals surface area (Å²) in [5, 5.41) is 7.54. The summed E-state index contributed by atoms with van der Waals surface area (Å²) in [4.78, 5) is 17.3. The summed E-state index contributed by atoms with van der Waals surface area (Å²) in [5.41, 5.74) is 2.24. The maximum absolute atomic E-state index is 12.7. The maximum atomic E-state index is 12.7. The van der Waals surface area contributed by atoms with Gasteiger partial charge in [0.25, 0.3) is 5.56 Å². The molecule has 2 aromatic heterocycles. The third-order valence-electron chi connectivity index (χ3n) is 4.77. The second-order valence-electron chi connectivity index (χ2n) is 6.24. The molecule has 0 unspecified atom stereocenters. The monoisotopic (exact) mass is 393 g/mol. The van der Waals surface area contributed by atoms with Gasteiger partial charge in [-0.1, -0.05) is 6.07 Å². The Labute approximate surface area is 166 Å². The van der Waals surface area contributed by atoms with E-state index in [2.05, 4.69) is 15.2 Å². The average Bonchev–Trinajstić information content (AvgIpc) is 2.76. The average molecular weight is 393 g/mol. The molecule has 8 nitrogen and oxygen atoms in total. The fourth-order valence-electron chi connectivity index (χ4n) is 3.43. The molecule has 8 heteroatoms. The number of H-pyrrole nitrogens is 1. The summed E-state index contributed by atoms with van der Waals surface area (Å²) < 4.78 is 21.7. The fraction of sp³-hybridized carbons (Fsp3) is 0.190. The number of ether oxygens (including phenoxy) is 4. The molecule has 1 N–H and O–H groups in total. The molecule has 0 atom stereocenters. The van der Waals surface area contributed by atoms with Crippen LogP contribution < -0.4 is 24.5 Å². The van der Waals surface area contributed by atoms with Crippen LogP contribution in [0.2, 0.25) is 0 Å². The second kappa shape index (κ2) is 7.31. The highest BCUT2D eigenvalue weighted by molar-refractivity contribution is 6.09. The molecule has 2 heterocycles. The number of fused-ring (bicyclic) bond motifs is 2. The molecule has 0 aliphatic carbocycles. The van der Waals surface area contributed by atoms with Crippen molar-refractivity contribution in [2.24, 2.45) is 0 Å². The Balaban J connectivity index is 2.18. The van der Waals surface area contributed by atoms with Gasteiger partial charge in [0.1, 0.15) is 0 Å². The van der Waals surface area contributed by atoms with Crippen LogP contribution in [0.5, 0.6) is 23.0 Å². The van der Waals surface area contributed by atoms with Crippen LogP contribution in [-0.4, -0.2) is 43.6 Å². The first-order valence-electron chi connectivity index (χ1n) is 8.76. The molecule has 4 rings (SSSR count). The number of hydrogen-bond donors (Lipinski definition) is 1. The Hall–Kier alpha value is -3.81. The van der Waals surface area contributed by atoms with Crippen molar-refractivity contribution in [1.29, 1.82) is 0 Å². The first-order chi connectivity index (χ1) is 14.1. The molecule has 29 heavy (non-hydrogen) atoms. The Morgan fingerprint density at radius 1 is 0.793 bits per heavy atom. The van der Waals surface area contributed by atoms with Crippen molar-refractivity contribution < 1.29 is 18.9 Å². The van der Waals surface area contributed by atoms with Gasteiger partial charge in [0.05, 0.1) is 51.1 Å². The fourth-order valence-corrected chi connectivity index (χ4v) is 3.43. The lowest BCUT2D eigenvalue weighted by Gasteiger charge is -2.15. The highest BCUT2D eigenvalue weighted by Crippen LogP contribution is 2.41. The minimum atomic E-state index is -0.337. The summed E-state index contributed by atoms with van der Waals surface area (Å²) in [5.74, 6) is 2.22. The second-order valence-corrected chi connectivity index (χ2v) is 6.24. The Morgan fingerprint density at radius 3 is 2.14 bits per heavy atom. The first-order valence-corrected chi connectivity index (χ1v) is 8.76. The molecule has 0 amide bonds. The molecule has 0 aliphatic heterocycles. The quantitative estimate of drug-likeness (QED) is 0.520. The van der Waals surface area contributed by atoms with Gasteiger partial charge >= 0.3 is 0 Å². The lowest BCUT2D eigenvalue weighted by atomic mass is 9.96. The third kappa shape index (κ3) is 2.98. The third-order valence-corrected chi connectivity index (χ3v) is 4.77. The predicted octanol–water partition coefficient (Wildman–Crippen LogP) is 3.17. The van der Waals surface area contributed by atoms with Gasteiger partial charge < -0.3 is 18.9 Å². The van der Waals surface area contributed by atoms with E-state index in [4.69, 9.17) is 18.9 Å². The number of aromatic amines is 1. The van der Waals surface area contributed by atoms with Crippen molar-refractivity contribution in [2.45, 2.75) is 0 Å². The van der Waals surface area contributed by atoms with Crippen molar-refractivity contribution in [3.8, 4) is 34.1 Å². The molecule has 0 saturated heterocycles. The summed E-state index contributed by atoms with van der Waals surface area (Å²) in [6.07, 6.45) is 1.52. The minimum absolute atomic E-state index is 0.337. The van der Waals surface area contributed by atoms with Crippen molar-refractivity contribution in [3.05, 3.63) is 46.9 Å². The number of methoxy groups -OCH3 is 4. The van der Waals surface area contributed by atoms with E-state index >= 15 is 0 Å². The van der Waals surface area contributed by atoms with E-state index in [9.17, 15) is 4.79 Å². The van der Waals surface area contributed by atoms with Crippen LogP contribution in [-0.2, 0) is 0 Å². The summed E-state index contributed by atoms with van der Waals surface area (Å²) in [6.45, 7) is 0. The van der Waals surface area contributed by atoms with E-state index in [-0.39, 0.29) is 5.56 Å². The smallest absolute Gasteiger partial charge is 0.274 e. The van der Waals surface area contributed by atoms with Gasteiger partial charge in [0, 0.05) is 17.0 Å². The van der Waals surface area contributed by atoms with Gasteiger partial charge in [0.2, 0.25) is 0 Å². The Kier molecular flexibility index (Phi) is 4.67. The summed E-state index contributed by atoms with van der Waals surface area (Å²) in [7, 11) is 6.26. The summed E-state index contributed by atoms with van der Waals surface area (Å²) in [6, 6.07) is 9.07.